The molecule has 6 nitrogen and oxygen atoms in total. The van der Waals surface area contributed by atoms with E-state index >= 15 is 0 Å². The summed E-state index contributed by atoms with van der Waals surface area (Å²) in [6.07, 6.45) is 22.7. The number of aliphatic hydroxyl groups is 2. The summed E-state index contributed by atoms with van der Waals surface area (Å²) in [5.74, 6) is 0.601. The van der Waals surface area contributed by atoms with Crippen molar-refractivity contribution in [1.29, 1.82) is 0 Å². The first-order valence-electron chi connectivity index (χ1n) is 15.3. The molecule has 0 aliphatic rings. The zero-order chi connectivity index (χ0) is 26.7. The minimum atomic E-state index is -0.780. The fourth-order valence-electron chi connectivity index (χ4n) is 4.92. The lowest BCUT2D eigenvalue weighted by molar-refractivity contribution is -0.893. The van der Waals surface area contributed by atoms with Gasteiger partial charge in [0.1, 0.15) is 0 Å². The molecule has 0 bridgehead atoms. The molecule has 0 saturated carbocycles. The molecule has 0 spiro atoms. The van der Waals surface area contributed by atoms with Gasteiger partial charge >= 0.3 is 0 Å². The Morgan fingerprint density at radius 1 is 0.676 bits per heavy atom. The summed E-state index contributed by atoms with van der Waals surface area (Å²) in [7, 11) is 3.92. The number of unbranched alkanes of at least 4 members (excludes halogenated alkanes) is 15. The average molecular weight is 570 g/mol. The standard InChI is InChI=1S/C29H64NO5Si.ClH/c1-5-6-7-8-9-10-11-12-13-14-15-16-17-18-19-20-21-30(3,4)26-28(2)27-36-35-29(33-24-22-31)34-25-23-32;/h28-29,31-32H,5-27,36H2,1-4H3;1H/q+1;/p-1. The Bertz CT molecular complexity index is 441. The molecule has 0 aromatic heterocycles. The third kappa shape index (κ3) is 29.1. The SMILES string of the molecule is CCCCCCCCCCCCCCCCCC[N+](C)(C)CC(C)C[SiH2]OC(OCCO)OCCO.[Cl-]. The summed E-state index contributed by atoms with van der Waals surface area (Å²) in [6, 6.07) is 1.07. The molecule has 0 heterocycles. The maximum Gasteiger partial charge on any atom is 0.261 e. The number of hydrogen-bond donors (Lipinski definition) is 2. The predicted molar refractivity (Wildman–Crippen MR) is 155 cm³/mol. The predicted octanol–water partition coefficient (Wildman–Crippen LogP) is 2.78. The normalized spacial score (nSPS) is 13.1. The summed E-state index contributed by atoms with van der Waals surface area (Å²) in [6.45, 7) is 6.49. The van der Waals surface area contributed by atoms with Crippen molar-refractivity contribution in [2.24, 2.45) is 5.92 Å². The summed E-state index contributed by atoms with van der Waals surface area (Å²) >= 11 is 0. The van der Waals surface area contributed by atoms with Gasteiger partial charge in [0, 0.05) is 5.92 Å². The Kier molecular flexibility index (Phi) is 31.2. The van der Waals surface area contributed by atoms with E-state index in [0.717, 1.165) is 17.1 Å². The van der Waals surface area contributed by atoms with Crippen LogP contribution >= 0.6 is 0 Å². The summed E-state index contributed by atoms with van der Waals surface area (Å²) in [4.78, 5) is 0. The quantitative estimate of drug-likeness (QED) is 0.0627. The first kappa shape index (κ1) is 39.4. The molecule has 0 saturated heterocycles. The van der Waals surface area contributed by atoms with E-state index in [9.17, 15) is 0 Å². The van der Waals surface area contributed by atoms with E-state index in [1.807, 2.05) is 0 Å². The molecular formula is C29H64ClNO5Si. The van der Waals surface area contributed by atoms with Gasteiger partial charge in [-0.15, -0.1) is 0 Å². The number of quaternary nitrogens is 1. The highest BCUT2D eigenvalue weighted by atomic mass is 35.5. The summed E-state index contributed by atoms with van der Waals surface area (Å²) < 4.78 is 17.5. The molecular weight excluding hydrogens is 506 g/mol. The molecule has 0 amide bonds. The average Bonchev–Trinajstić information content (AvgIpc) is 2.84. The van der Waals surface area contributed by atoms with Crippen molar-refractivity contribution in [3.8, 4) is 0 Å². The van der Waals surface area contributed by atoms with Crippen molar-refractivity contribution in [1.82, 2.24) is 0 Å². The maximum absolute atomic E-state index is 8.92. The van der Waals surface area contributed by atoms with E-state index in [1.165, 1.54) is 109 Å². The number of rotatable bonds is 29. The lowest BCUT2D eigenvalue weighted by atomic mass is 10.0. The molecule has 0 rings (SSSR count). The molecule has 226 valence electrons. The molecule has 0 aromatic rings. The van der Waals surface area contributed by atoms with Crippen LogP contribution < -0.4 is 12.4 Å². The summed E-state index contributed by atoms with van der Waals surface area (Å²) in [5.41, 5.74) is 0. The van der Waals surface area contributed by atoms with E-state index < -0.39 is 16.2 Å². The second-order valence-electron chi connectivity index (χ2n) is 11.4. The van der Waals surface area contributed by atoms with Crippen LogP contribution in [0.4, 0.5) is 0 Å². The van der Waals surface area contributed by atoms with Gasteiger partial charge in [-0.05, 0) is 18.9 Å². The van der Waals surface area contributed by atoms with Crippen LogP contribution in [0, 0.1) is 5.92 Å². The van der Waals surface area contributed by atoms with Crippen LogP contribution in [0.25, 0.3) is 0 Å². The zero-order valence-electron chi connectivity index (χ0n) is 25.1. The second-order valence-corrected chi connectivity index (χ2v) is 12.7. The smallest absolute Gasteiger partial charge is 0.261 e. The van der Waals surface area contributed by atoms with Crippen LogP contribution in [0.1, 0.15) is 117 Å². The molecule has 1 unspecified atom stereocenters. The topological polar surface area (TPSA) is 68.2 Å². The van der Waals surface area contributed by atoms with Gasteiger partial charge in [-0.25, -0.2) is 0 Å². The lowest BCUT2D eigenvalue weighted by Crippen LogP contribution is -3.00. The van der Waals surface area contributed by atoms with Crippen molar-refractivity contribution in [2.45, 2.75) is 129 Å². The van der Waals surface area contributed by atoms with E-state index in [4.69, 9.17) is 24.1 Å². The van der Waals surface area contributed by atoms with Crippen molar-refractivity contribution >= 4 is 9.76 Å². The Hall–Kier alpha value is 0.267. The molecule has 0 fully saturated rings. The first-order valence-corrected chi connectivity index (χ1v) is 16.9. The van der Waals surface area contributed by atoms with Gasteiger partial charge < -0.3 is 41.0 Å². The Morgan fingerprint density at radius 2 is 1.08 bits per heavy atom. The van der Waals surface area contributed by atoms with Gasteiger partial charge in [0.05, 0.1) is 53.6 Å². The molecule has 1 atom stereocenters. The highest BCUT2D eigenvalue weighted by Gasteiger charge is 2.20. The third-order valence-corrected chi connectivity index (χ3v) is 8.71. The van der Waals surface area contributed by atoms with Gasteiger partial charge in [0.2, 0.25) is 0 Å². The Labute approximate surface area is 239 Å². The highest BCUT2D eigenvalue weighted by Crippen LogP contribution is 2.15. The number of nitrogens with zero attached hydrogens (tertiary/aromatic N) is 1. The van der Waals surface area contributed by atoms with E-state index in [2.05, 4.69) is 27.9 Å². The molecule has 37 heavy (non-hydrogen) atoms. The van der Waals surface area contributed by atoms with Gasteiger partial charge in [-0.2, -0.15) is 0 Å². The third-order valence-electron chi connectivity index (χ3n) is 6.98. The van der Waals surface area contributed by atoms with Crippen molar-refractivity contribution in [3.63, 3.8) is 0 Å². The van der Waals surface area contributed by atoms with Crippen LogP contribution in [0.5, 0.6) is 0 Å². The van der Waals surface area contributed by atoms with Crippen molar-refractivity contribution in [3.05, 3.63) is 0 Å². The minimum Gasteiger partial charge on any atom is -1.00 e. The molecule has 0 aliphatic carbocycles. The van der Waals surface area contributed by atoms with Crippen LogP contribution in [0.2, 0.25) is 6.04 Å². The fraction of sp³-hybridized carbons (Fsp3) is 1.00. The number of aliphatic hydroxyl groups excluding tert-OH is 2. The number of ether oxygens (including phenoxy) is 2. The van der Waals surface area contributed by atoms with Gasteiger partial charge in [-0.1, -0.05) is 104 Å². The van der Waals surface area contributed by atoms with Gasteiger partial charge in [0.15, 0.2) is 9.76 Å². The fourth-order valence-corrected chi connectivity index (χ4v) is 6.03. The first-order chi connectivity index (χ1) is 17.4. The Balaban J connectivity index is 0. The van der Waals surface area contributed by atoms with Crippen LogP contribution in [-0.2, 0) is 13.9 Å². The molecule has 8 heteroatoms. The molecule has 2 N–H and O–H groups in total. The molecule has 0 aromatic carbocycles. The van der Waals surface area contributed by atoms with Crippen LogP contribution in [0.3, 0.4) is 0 Å². The molecule has 0 radical (unpaired) electrons. The van der Waals surface area contributed by atoms with Crippen LogP contribution in [-0.4, -0.2) is 84.5 Å². The van der Waals surface area contributed by atoms with Crippen molar-refractivity contribution < 1.29 is 41.0 Å². The van der Waals surface area contributed by atoms with Crippen molar-refractivity contribution in [2.75, 3.05) is 53.6 Å². The monoisotopic (exact) mass is 569 g/mol. The lowest BCUT2D eigenvalue weighted by Gasteiger charge is -2.32. The highest BCUT2D eigenvalue weighted by molar-refractivity contribution is 6.27. The van der Waals surface area contributed by atoms with E-state index in [1.54, 1.807) is 0 Å². The van der Waals surface area contributed by atoms with E-state index in [0.29, 0.717) is 5.92 Å². The van der Waals surface area contributed by atoms with E-state index in [-0.39, 0.29) is 38.8 Å². The second kappa shape index (κ2) is 29.3. The van der Waals surface area contributed by atoms with Gasteiger partial charge in [-0.3, -0.25) is 0 Å². The number of hydrogen-bond acceptors (Lipinski definition) is 5. The Morgan fingerprint density at radius 3 is 1.49 bits per heavy atom. The number of halogens is 1. The zero-order valence-corrected chi connectivity index (χ0v) is 27.2. The maximum atomic E-state index is 8.92. The molecule has 0 aliphatic heterocycles. The van der Waals surface area contributed by atoms with Gasteiger partial charge in [0.25, 0.3) is 6.48 Å². The largest absolute Gasteiger partial charge is 1.00 e. The van der Waals surface area contributed by atoms with Crippen LogP contribution in [0.15, 0.2) is 0 Å². The summed E-state index contributed by atoms with van der Waals surface area (Å²) in [5, 5.41) is 17.8. The minimum absolute atomic E-state index is 0.